The minimum atomic E-state index is -4.87. The summed E-state index contributed by atoms with van der Waals surface area (Å²) in [5, 5.41) is 1.90. The summed E-state index contributed by atoms with van der Waals surface area (Å²) in [6.07, 6.45) is -4.87. The summed E-state index contributed by atoms with van der Waals surface area (Å²) in [4.78, 5) is 10.5. The van der Waals surface area contributed by atoms with Gasteiger partial charge in [0.1, 0.15) is 0 Å². The van der Waals surface area contributed by atoms with Gasteiger partial charge in [0.25, 0.3) is 0 Å². The number of hydrogen-bond donors (Lipinski definition) is 1. The molecule has 0 unspecified atom stereocenters. The molecule has 1 N–H and O–H groups in total. The Kier molecular flexibility index (Phi) is 14.0. The Morgan fingerprint density at radius 2 is 1.14 bits per heavy atom. The van der Waals surface area contributed by atoms with Crippen LogP contribution in [-0.4, -0.2) is 86.4 Å². The summed E-state index contributed by atoms with van der Waals surface area (Å²) in [6, 6.07) is 0. The molecule has 29 heavy (non-hydrogen) atoms. The normalized spacial score (nSPS) is 13.0. The van der Waals surface area contributed by atoms with Crippen LogP contribution in [0.1, 0.15) is 20.8 Å². The molecule has 0 aliphatic rings. The average molecular weight is 448 g/mol. The van der Waals surface area contributed by atoms with Gasteiger partial charge in [0.2, 0.25) is 0 Å². The molecule has 0 aliphatic carbocycles. The van der Waals surface area contributed by atoms with Crippen molar-refractivity contribution in [1.82, 2.24) is 5.32 Å². The van der Waals surface area contributed by atoms with E-state index in [0.717, 1.165) is 0 Å². The summed E-state index contributed by atoms with van der Waals surface area (Å²) >= 11 is 0. The first kappa shape index (κ1) is 28.3. The maximum Gasteiger partial charge on any atom is 0.471 e. The van der Waals surface area contributed by atoms with Crippen molar-refractivity contribution in [3.63, 3.8) is 0 Å². The van der Waals surface area contributed by atoms with Gasteiger partial charge in [-0.05, 0) is 18.1 Å². The molecule has 0 atom stereocenters. The third-order valence-corrected chi connectivity index (χ3v) is 8.94. The van der Waals surface area contributed by atoms with Crippen LogP contribution in [0.15, 0.2) is 0 Å². The zero-order chi connectivity index (χ0) is 22.4. The van der Waals surface area contributed by atoms with Gasteiger partial charge in [-0.1, -0.05) is 20.8 Å². The monoisotopic (exact) mass is 447 g/mol. The fourth-order valence-corrected chi connectivity index (χ4v) is 2.70. The topological polar surface area (TPSA) is 75.2 Å². The summed E-state index contributed by atoms with van der Waals surface area (Å²) < 4.78 is 62.9. The first-order valence-corrected chi connectivity index (χ1v) is 12.6. The average Bonchev–Trinajstić information content (AvgIpc) is 2.59. The summed E-state index contributed by atoms with van der Waals surface area (Å²) in [7, 11) is -1.72. The second-order valence-corrected chi connectivity index (χ2v) is 12.6. The number of ether oxygens (including phenoxy) is 4. The summed E-state index contributed by atoms with van der Waals surface area (Å²) in [5.74, 6) is -1.97. The molecule has 0 saturated carbocycles. The predicted molar refractivity (Wildman–Crippen MR) is 105 cm³/mol. The third kappa shape index (κ3) is 14.8. The molecule has 1 amide bonds. The van der Waals surface area contributed by atoms with E-state index in [1.54, 1.807) is 5.32 Å². The standard InChI is InChI=1S/C18H36F3NO6Si/c1-17(2,3)29(4,5)28-15-14-27-13-12-26-11-10-25-9-8-24-7-6-22-16(23)18(19,20)21/h6-15H2,1-5H3,(H,22,23). The zero-order valence-electron chi connectivity index (χ0n) is 18.2. The van der Waals surface area contributed by atoms with Crippen molar-refractivity contribution in [2.75, 3.05) is 66.0 Å². The summed E-state index contributed by atoms with van der Waals surface area (Å²) in [6.45, 7) is 14.1. The highest BCUT2D eigenvalue weighted by Gasteiger charge is 2.38. The number of carbonyl (C=O) groups is 1. The van der Waals surface area contributed by atoms with E-state index in [0.29, 0.717) is 39.6 Å². The van der Waals surface area contributed by atoms with Gasteiger partial charge in [-0.3, -0.25) is 4.79 Å². The van der Waals surface area contributed by atoms with Crippen LogP contribution in [0.2, 0.25) is 18.1 Å². The van der Waals surface area contributed by atoms with Gasteiger partial charge in [-0.25, -0.2) is 0 Å². The highest BCUT2D eigenvalue weighted by molar-refractivity contribution is 6.74. The maximum atomic E-state index is 11.9. The minimum Gasteiger partial charge on any atom is -0.414 e. The van der Waals surface area contributed by atoms with E-state index in [2.05, 4.69) is 33.9 Å². The Morgan fingerprint density at radius 3 is 1.52 bits per heavy atom. The Bertz CT molecular complexity index is 444. The van der Waals surface area contributed by atoms with E-state index in [4.69, 9.17) is 23.4 Å². The van der Waals surface area contributed by atoms with Gasteiger partial charge in [-0.2, -0.15) is 13.2 Å². The number of hydrogen-bond acceptors (Lipinski definition) is 6. The highest BCUT2D eigenvalue weighted by Crippen LogP contribution is 2.36. The smallest absolute Gasteiger partial charge is 0.414 e. The van der Waals surface area contributed by atoms with Crippen molar-refractivity contribution < 1.29 is 41.3 Å². The van der Waals surface area contributed by atoms with Gasteiger partial charge in [-0.15, -0.1) is 0 Å². The molecule has 174 valence electrons. The van der Waals surface area contributed by atoms with Gasteiger partial charge < -0.3 is 28.7 Å². The number of carbonyl (C=O) groups excluding carboxylic acids is 1. The highest BCUT2D eigenvalue weighted by atomic mass is 28.4. The molecular formula is C18H36F3NO6Si. The van der Waals surface area contributed by atoms with Crippen molar-refractivity contribution in [3.8, 4) is 0 Å². The number of alkyl halides is 3. The van der Waals surface area contributed by atoms with E-state index in [1.165, 1.54) is 0 Å². The maximum absolute atomic E-state index is 11.9. The minimum absolute atomic E-state index is 0.0157. The van der Waals surface area contributed by atoms with Gasteiger partial charge in [0.05, 0.1) is 59.5 Å². The first-order valence-electron chi connectivity index (χ1n) is 9.68. The lowest BCUT2D eigenvalue weighted by Gasteiger charge is -2.36. The van der Waals surface area contributed by atoms with E-state index < -0.39 is 20.4 Å². The van der Waals surface area contributed by atoms with Crippen LogP contribution in [0.4, 0.5) is 13.2 Å². The number of nitrogens with one attached hydrogen (secondary N) is 1. The molecule has 0 rings (SSSR count). The Labute approximate surface area is 172 Å². The molecule has 0 radical (unpaired) electrons. The van der Waals surface area contributed by atoms with E-state index >= 15 is 0 Å². The van der Waals surface area contributed by atoms with E-state index in [1.807, 2.05) is 0 Å². The lowest BCUT2D eigenvalue weighted by Crippen LogP contribution is -2.41. The molecule has 0 fully saturated rings. The van der Waals surface area contributed by atoms with Crippen molar-refractivity contribution in [2.24, 2.45) is 0 Å². The molecule has 0 aromatic carbocycles. The fourth-order valence-electron chi connectivity index (χ4n) is 1.67. The van der Waals surface area contributed by atoms with Gasteiger partial charge in [0.15, 0.2) is 8.32 Å². The van der Waals surface area contributed by atoms with Crippen molar-refractivity contribution in [3.05, 3.63) is 0 Å². The Balaban J connectivity index is 3.32. The first-order chi connectivity index (χ1) is 13.4. The second kappa shape index (κ2) is 14.3. The van der Waals surface area contributed by atoms with Crippen LogP contribution in [0.25, 0.3) is 0 Å². The third-order valence-electron chi connectivity index (χ3n) is 4.40. The molecule has 0 bridgehead atoms. The van der Waals surface area contributed by atoms with E-state index in [9.17, 15) is 18.0 Å². The zero-order valence-corrected chi connectivity index (χ0v) is 19.2. The molecule has 0 heterocycles. The molecule has 0 aliphatic heterocycles. The number of halogens is 3. The molecule has 0 saturated heterocycles. The fraction of sp³-hybridized carbons (Fsp3) is 0.944. The van der Waals surface area contributed by atoms with E-state index in [-0.39, 0.29) is 31.4 Å². The van der Waals surface area contributed by atoms with Crippen molar-refractivity contribution in [1.29, 1.82) is 0 Å². The predicted octanol–water partition coefficient (Wildman–Crippen LogP) is 2.75. The second-order valence-electron chi connectivity index (χ2n) is 7.81. The van der Waals surface area contributed by atoms with Gasteiger partial charge >= 0.3 is 12.1 Å². The Morgan fingerprint density at radius 1 is 0.759 bits per heavy atom. The Hall–Kier alpha value is -0.723. The molecule has 0 aromatic heterocycles. The van der Waals surface area contributed by atoms with Crippen LogP contribution < -0.4 is 5.32 Å². The van der Waals surface area contributed by atoms with Crippen molar-refractivity contribution in [2.45, 2.75) is 45.1 Å². The van der Waals surface area contributed by atoms with Gasteiger partial charge in [0, 0.05) is 6.54 Å². The lowest BCUT2D eigenvalue weighted by atomic mass is 10.2. The van der Waals surface area contributed by atoms with Crippen molar-refractivity contribution >= 4 is 14.2 Å². The van der Waals surface area contributed by atoms with Crippen LogP contribution in [-0.2, 0) is 28.2 Å². The number of amides is 1. The number of rotatable bonds is 16. The quantitative estimate of drug-likeness (QED) is 0.290. The van der Waals surface area contributed by atoms with Crippen LogP contribution in [0.5, 0.6) is 0 Å². The van der Waals surface area contributed by atoms with Crippen LogP contribution in [0.3, 0.4) is 0 Å². The largest absolute Gasteiger partial charge is 0.471 e. The summed E-state index contributed by atoms with van der Waals surface area (Å²) in [5.41, 5.74) is 0. The molecule has 7 nitrogen and oxygen atoms in total. The molecule has 11 heteroatoms. The molecule has 0 aromatic rings. The molecule has 0 spiro atoms. The van der Waals surface area contributed by atoms with Crippen LogP contribution in [0, 0.1) is 0 Å². The molecular weight excluding hydrogens is 411 g/mol. The SMILES string of the molecule is CC(C)(C)[Si](C)(C)OCCOCCOCCOCCOCCNC(=O)C(F)(F)F. The lowest BCUT2D eigenvalue weighted by molar-refractivity contribution is -0.173. The van der Waals surface area contributed by atoms with Crippen LogP contribution >= 0.6 is 0 Å².